The molecule has 1 N–H and O–H groups in total. The molecule has 6 heteroatoms. The molecular formula is C31H36N2O4. The van der Waals surface area contributed by atoms with Crippen LogP contribution >= 0.6 is 0 Å². The molecular weight excluding hydrogens is 464 g/mol. The maximum atomic E-state index is 13.8. The summed E-state index contributed by atoms with van der Waals surface area (Å²) in [6.07, 6.45) is 4.62. The normalized spacial score (nSPS) is 14.1. The number of hydrogen-bond acceptors (Lipinski definition) is 4. The van der Waals surface area contributed by atoms with Crippen LogP contribution in [-0.2, 0) is 22.6 Å². The summed E-state index contributed by atoms with van der Waals surface area (Å²) in [4.78, 5) is 29.1. The molecule has 0 aromatic heterocycles. The van der Waals surface area contributed by atoms with Gasteiger partial charge in [0.2, 0.25) is 5.91 Å². The van der Waals surface area contributed by atoms with Gasteiger partial charge in [-0.15, -0.1) is 0 Å². The maximum absolute atomic E-state index is 13.8. The van der Waals surface area contributed by atoms with Gasteiger partial charge in [0.25, 0.3) is 5.91 Å². The van der Waals surface area contributed by atoms with Crippen molar-refractivity contribution >= 4 is 11.8 Å². The molecule has 3 aromatic rings. The van der Waals surface area contributed by atoms with E-state index in [2.05, 4.69) is 11.4 Å². The fourth-order valence-electron chi connectivity index (χ4n) is 4.89. The fraction of sp³-hybridized carbons (Fsp3) is 0.355. The number of carbonyl (C=O) groups is 2. The molecule has 0 bridgehead atoms. The van der Waals surface area contributed by atoms with Crippen molar-refractivity contribution < 1.29 is 19.1 Å². The molecule has 0 spiro atoms. The number of amides is 2. The number of nitrogens with zero attached hydrogens (tertiary/aromatic N) is 1. The van der Waals surface area contributed by atoms with Crippen LogP contribution in [0.3, 0.4) is 0 Å². The monoisotopic (exact) mass is 500 g/mol. The van der Waals surface area contributed by atoms with E-state index in [4.69, 9.17) is 9.47 Å². The van der Waals surface area contributed by atoms with Crippen molar-refractivity contribution in [3.8, 4) is 11.5 Å². The number of rotatable bonds is 11. The Bertz CT molecular complexity index is 1170. The topological polar surface area (TPSA) is 67.9 Å². The molecule has 0 unspecified atom stereocenters. The number of nitrogens with one attached hydrogen (secondary N) is 1. The molecule has 0 radical (unpaired) electrons. The van der Waals surface area contributed by atoms with Crippen LogP contribution in [0.5, 0.6) is 11.5 Å². The lowest BCUT2D eigenvalue weighted by atomic mass is 10.0. The SMILES string of the molecule is COc1ccccc1OCC(=O)N(Cc1cccc(C)c1)[C@@H](Cc1ccccc1)C(=O)NC1CCCC1. The smallest absolute Gasteiger partial charge is 0.261 e. The van der Waals surface area contributed by atoms with E-state index in [1.165, 1.54) is 0 Å². The second-order valence-corrected chi connectivity index (χ2v) is 9.65. The van der Waals surface area contributed by atoms with Crippen molar-refractivity contribution in [3.63, 3.8) is 0 Å². The molecule has 1 atom stereocenters. The molecule has 1 saturated carbocycles. The molecule has 0 heterocycles. The molecule has 0 aliphatic heterocycles. The number of para-hydroxylation sites is 2. The van der Waals surface area contributed by atoms with Crippen LogP contribution in [0.4, 0.5) is 0 Å². The summed E-state index contributed by atoms with van der Waals surface area (Å²) in [5, 5.41) is 3.23. The number of hydrogen-bond donors (Lipinski definition) is 1. The average molecular weight is 501 g/mol. The quantitative estimate of drug-likeness (QED) is 0.399. The zero-order chi connectivity index (χ0) is 26.0. The second-order valence-electron chi connectivity index (χ2n) is 9.65. The second kappa shape index (κ2) is 12.9. The first-order chi connectivity index (χ1) is 18.0. The first-order valence-corrected chi connectivity index (χ1v) is 13.0. The molecule has 1 aliphatic carbocycles. The third-order valence-corrected chi connectivity index (χ3v) is 6.83. The first-order valence-electron chi connectivity index (χ1n) is 13.0. The molecule has 4 rings (SSSR count). The van der Waals surface area contributed by atoms with E-state index in [-0.39, 0.29) is 24.5 Å². The molecule has 2 amide bonds. The summed E-state index contributed by atoms with van der Waals surface area (Å²) < 4.78 is 11.3. The molecule has 3 aromatic carbocycles. The van der Waals surface area contributed by atoms with Crippen molar-refractivity contribution in [2.24, 2.45) is 0 Å². The standard InChI is InChI=1S/C31H36N2O4/c1-23-11-10-14-25(19-23)21-33(30(34)22-37-29-18-9-8-17-28(29)36-2)27(20-24-12-4-3-5-13-24)31(35)32-26-15-6-7-16-26/h3-5,8-14,17-19,26-27H,6-7,15-16,20-22H2,1-2H3,(H,32,35)/t27-/m0/s1. The van der Waals surface area contributed by atoms with Crippen LogP contribution in [0.25, 0.3) is 0 Å². The number of methoxy groups -OCH3 is 1. The average Bonchev–Trinajstić information content (AvgIpc) is 3.43. The fourth-order valence-corrected chi connectivity index (χ4v) is 4.89. The molecule has 6 nitrogen and oxygen atoms in total. The van der Waals surface area contributed by atoms with Gasteiger partial charge in [-0.1, -0.05) is 85.1 Å². The van der Waals surface area contributed by atoms with E-state index in [1.54, 1.807) is 24.1 Å². The number of aryl methyl sites for hydroxylation is 1. The molecule has 194 valence electrons. The summed E-state index contributed by atoms with van der Waals surface area (Å²) in [6.45, 7) is 2.13. The van der Waals surface area contributed by atoms with E-state index in [0.717, 1.165) is 42.4 Å². The van der Waals surface area contributed by atoms with Crippen LogP contribution in [0.1, 0.15) is 42.4 Å². The Hall–Kier alpha value is -3.80. The third-order valence-electron chi connectivity index (χ3n) is 6.83. The van der Waals surface area contributed by atoms with Gasteiger partial charge in [-0.3, -0.25) is 9.59 Å². The summed E-state index contributed by atoms with van der Waals surface area (Å²) in [5.74, 6) is 0.674. The van der Waals surface area contributed by atoms with Crippen LogP contribution in [0, 0.1) is 6.92 Å². The minimum absolute atomic E-state index is 0.117. The minimum atomic E-state index is -0.669. The van der Waals surface area contributed by atoms with Gasteiger partial charge in [-0.2, -0.15) is 0 Å². The number of ether oxygens (including phenoxy) is 2. The van der Waals surface area contributed by atoms with Gasteiger partial charge >= 0.3 is 0 Å². The lowest BCUT2D eigenvalue weighted by molar-refractivity contribution is -0.143. The van der Waals surface area contributed by atoms with Crippen molar-refractivity contribution in [2.75, 3.05) is 13.7 Å². The van der Waals surface area contributed by atoms with Crippen molar-refractivity contribution in [1.29, 1.82) is 0 Å². The van der Waals surface area contributed by atoms with Gasteiger partial charge in [-0.05, 0) is 43.0 Å². The van der Waals surface area contributed by atoms with Gasteiger partial charge in [0.15, 0.2) is 18.1 Å². The summed E-state index contributed by atoms with van der Waals surface area (Å²) in [7, 11) is 1.57. The van der Waals surface area contributed by atoms with Gasteiger partial charge < -0.3 is 19.7 Å². The predicted molar refractivity (Wildman–Crippen MR) is 145 cm³/mol. The van der Waals surface area contributed by atoms with Crippen molar-refractivity contribution in [3.05, 3.63) is 95.6 Å². The highest BCUT2D eigenvalue weighted by atomic mass is 16.5. The highest BCUT2D eigenvalue weighted by Crippen LogP contribution is 2.26. The molecule has 37 heavy (non-hydrogen) atoms. The highest BCUT2D eigenvalue weighted by molar-refractivity contribution is 5.88. The van der Waals surface area contributed by atoms with E-state index in [0.29, 0.717) is 24.5 Å². The van der Waals surface area contributed by atoms with Crippen LogP contribution in [0.15, 0.2) is 78.9 Å². The lowest BCUT2D eigenvalue weighted by Gasteiger charge is -2.32. The van der Waals surface area contributed by atoms with Gasteiger partial charge in [-0.25, -0.2) is 0 Å². The Balaban J connectivity index is 1.62. The summed E-state index contributed by atoms with van der Waals surface area (Å²) in [5.41, 5.74) is 3.07. The maximum Gasteiger partial charge on any atom is 0.261 e. The summed E-state index contributed by atoms with van der Waals surface area (Å²) >= 11 is 0. The highest BCUT2D eigenvalue weighted by Gasteiger charge is 2.32. The summed E-state index contributed by atoms with van der Waals surface area (Å²) in [6, 6.07) is 24.6. The van der Waals surface area contributed by atoms with Gasteiger partial charge in [0, 0.05) is 19.0 Å². The largest absolute Gasteiger partial charge is 0.493 e. The van der Waals surface area contributed by atoms with Crippen LogP contribution in [0.2, 0.25) is 0 Å². The molecule has 0 saturated heterocycles. The predicted octanol–water partition coefficient (Wildman–Crippen LogP) is 5.08. The Labute approximate surface area is 219 Å². The third kappa shape index (κ3) is 7.35. The van der Waals surface area contributed by atoms with Crippen LogP contribution < -0.4 is 14.8 Å². The van der Waals surface area contributed by atoms with Crippen LogP contribution in [-0.4, -0.2) is 42.5 Å². The van der Waals surface area contributed by atoms with E-state index >= 15 is 0 Å². The lowest BCUT2D eigenvalue weighted by Crippen LogP contribution is -2.53. The number of benzene rings is 3. The zero-order valence-electron chi connectivity index (χ0n) is 21.7. The Morgan fingerprint density at radius 1 is 0.919 bits per heavy atom. The van der Waals surface area contributed by atoms with E-state index < -0.39 is 6.04 Å². The van der Waals surface area contributed by atoms with Crippen molar-refractivity contribution in [2.45, 2.75) is 57.7 Å². The van der Waals surface area contributed by atoms with Gasteiger partial charge in [0.05, 0.1) is 7.11 Å². The zero-order valence-corrected chi connectivity index (χ0v) is 21.7. The molecule has 1 aliphatic rings. The van der Waals surface area contributed by atoms with E-state index in [9.17, 15) is 9.59 Å². The Morgan fingerprint density at radius 2 is 1.59 bits per heavy atom. The first kappa shape index (κ1) is 26.3. The Morgan fingerprint density at radius 3 is 2.30 bits per heavy atom. The van der Waals surface area contributed by atoms with Crippen molar-refractivity contribution in [1.82, 2.24) is 10.2 Å². The number of carbonyl (C=O) groups excluding carboxylic acids is 2. The van der Waals surface area contributed by atoms with E-state index in [1.807, 2.05) is 67.6 Å². The Kier molecular flexibility index (Phi) is 9.19. The molecule has 1 fully saturated rings. The minimum Gasteiger partial charge on any atom is -0.493 e. The van der Waals surface area contributed by atoms with Gasteiger partial charge in [0.1, 0.15) is 6.04 Å².